The second-order valence-corrected chi connectivity index (χ2v) is 17.6. The molecule has 0 saturated heterocycles. The van der Waals surface area contributed by atoms with Crippen LogP contribution in [0.15, 0.2) is 144 Å². The van der Waals surface area contributed by atoms with Crippen molar-refractivity contribution in [2.24, 2.45) is 0 Å². The van der Waals surface area contributed by atoms with Crippen molar-refractivity contribution < 1.29 is 25.5 Å². The molecule has 7 heteroatoms. The molecule has 302 valence electrons. The third kappa shape index (κ3) is 5.66. The third-order valence-electron chi connectivity index (χ3n) is 12.8. The van der Waals surface area contributed by atoms with E-state index in [1.54, 1.807) is 0 Å². The van der Waals surface area contributed by atoms with Crippen molar-refractivity contribution in [1.82, 2.24) is 24.1 Å². The Labute approximate surface area is 373 Å². The first-order chi connectivity index (χ1) is 29.6. The van der Waals surface area contributed by atoms with Gasteiger partial charge in [0.25, 0.3) is 0 Å². The fourth-order valence-electron chi connectivity index (χ4n) is 9.42. The van der Waals surface area contributed by atoms with E-state index in [-0.39, 0.29) is 26.5 Å². The molecule has 0 unspecified atom stereocenters. The number of hydrogen-bond donors (Lipinski definition) is 0. The summed E-state index contributed by atoms with van der Waals surface area (Å²) < 4.78 is 11.0. The largest absolute Gasteiger partial charge is 2.00 e. The van der Waals surface area contributed by atoms with Gasteiger partial charge in [0, 0.05) is 39.8 Å². The zero-order chi connectivity index (χ0) is 41.3. The molecular weight excluding hydrogens is 942 g/mol. The van der Waals surface area contributed by atoms with Crippen LogP contribution in [-0.4, -0.2) is 19.1 Å². The predicted molar refractivity (Wildman–Crippen MR) is 251 cm³/mol. The van der Waals surface area contributed by atoms with Crippen LogP contribution in [0.5, 0.6) is 0 Å². The van der Waals surface area contributed by atoms with Crippen LogP contribution in [0.3, 0.4) is 0 Å². The molecule has 0 aliphatic heterocycles. The summed E-state index contributed by atoms with van der Waals surface area (Å²) in [7, 11) is 0. The molecule has 0 atom stereocenters. The van der Waals surface area contributed by atoms with Gasteiger partial charge in [-0.3, -0.25) is 4.57 Å². The molecule has 62 heavy (non-hydrogen) atoms. The maximum absolute atomic E-state index is 6.43. The summed E-state index contributed by atoms with van der Waals surface area (Å²) in [6, 6.07) is 51.3. The minimum absolute atomic E-state index is 0. The van der Waals surface area contributed by atoms with Crippen LogP contribution < -0.4 is 4.98 Å². The molecule has 0 N–H and O–H groups in total. The van der Waals surface area contributed by atoms with E-state index in [1.165, 1.54) is 22.3 Å². The van der Waals surface area contributed by atoms with Crippen molar-refractivity contribution in [3.05, 3.63) is 168 Å². The molecule has 7 aromatic carbocycles. The molecule has 6 nitrogen and oxygen atoms in total. The average molecular weight is 983 g/mol. The standard InChI is InChI=1S/C55H41N5O.Pt/c1-31-24-36(25-32(2)33(31)3)59-48-28-35(55(4,5)6)27-42(53(48)58-54(59)41-17-13-16-40-37-14-7-9-18-45(37)57-52(40)41)34-21-22-38-43-29-44-39-15-8-10-19-49(39)61-50(44)30-47(43)60(46(38)26-34)51-20-11-12-23-56-51;/h7-25,27-30H,1-6H3;/q-2;+2. The zero-order valence-electron chi connectivity index (χ0n) is 35.2. The molecule has 0 bridgehead atoms. The van der Waals surface area contributed by atoms with Gasteiger partial charge < -0.3 is 14.0 Å². The van der Waals surface area contributed by atoms with E-state index >= 15 is 0 Å². The van der Waals surface area contributed by atoms with Crippen molar-refractivity contribution in [2.75, 3.05) is 0 Å². The van der Waals surface area contributed by atoms with Crippen LogP contribution in [0.1, 0.15) is 43.0 Å². The van der Waals surface area contributed by atoms with Crippen molar-refractivity contribution >= 4 is 76.6 Å². The Balaban J connectivity index is 0.00000432. The average Bonchev–Trinajstić information content (AvgIpc) is 4.02. The molecule has 5 heterocycles. The van der Waals surface area contributed by atoms with E-state index in [9.17, 15) is 0 Å². The zero-order valence-corrected chi connectivity index (χ0v) is 37.5. The predicted octanol–water partition coefficient (Wildman–Crippen LogP) is 14.0. The van der Waals surface area contributed by atoms with E-state index in [4.69, 9.17) is 19.4 Å². The Bertz CT molecular complexity index is 3760. The number of nitrogens with zero attached hydrogens (tertiary/aromatic N) is 5. The fourth-order valence-corrected chi connectivity index (χ4v) is 9.42. The first-order valence-corrected chi connectivity index (χ1v) is 20.9. The first kappa shape index (κ1) is 38.2. The summed E-state index contributed by atoms with van der Waals surface area (Å²) >= 11 is 0. The summed E-state index contributed by atoms with van der Waals surface area (Å²) in [5.74, 6) is 1.68. The van der Waals surface area contributed by atoms with Gasteiger partial charge >= 0.3 is 21.1 Å². The molecule has 0 fully saturated rings. The molecule has 12 aromatic rings. The molecule has 12 rings (SSSR count). The number of furan rings is 1. The van der Waals surface area contributed by atoms with Crippen LogP contribution >= 0.6 is 0 Å². The van der Waals surface area contributed by atoms with Crippen LogP contribution in [-0.2, 0) is 26.5 Å². The van der Waals surface area contributed by atoms with Crippen LogP contribution in [0, 0.1) is 26.8 Å². The van der Waals surface area contributed by atoms with E-state index in [1.807, 2.05) is 30.5 Å². The number of para-hydroxylation sites is 3. The van der Waals surface area contributed by atoms with E-state index in [0.29, 0.717) is 0 Å². The second-order valence-electron chi connectivity index (χ2n) is 17.6. The molecule has 0 aliphatic carbocycles. The summed E-state index contributed by atoms with van der Waals surface area (Å²) in [5.41, 5.74) is 16.5. The van der Waals surface area contributed by atoms with Crippen molar-refractivity contribution in [3.8, 4) is 34.0 Å². The molecule has 0 amide bonds. The van der Waals surface area contributed by atoms with Crippen LogP contribution in [0.25, 0.3) is 111 Å². The monoisotopic (exact) mass is 982 g/mol. The van der Waals surface area contributed by atoms with Gasteiger partial charge in [0.2, 0.25) is 0 Å². The second kappa shape index (κ2) is 13.9. The molecule has 0 saturated carbocycles. The normalized spacial score (nSPS) is 12.2. The number of aryl methyl sites for hydroxylation is 2. The third-order valence-corrected chi connectivity index (χ3v) is 12.8. The molecule has 5 aromatic heterocycles. The number of hydrogen-bond acceptors (Lipinski definition) is 3. The van der Waals surface area contributed by atoms with E-state index in [0.717, 1.165) is 111 Å². The minimum Gasteiger partial charge on any atom is -0.656 e. The molecule has 0 aliphatic rings. The van der Waals surface area contributed by atoms with Gasteiger partial charge in [0.05, 0.1) is 11.0 Å². The quantitative estimate of drug-likeness (QED) is 0.165. The minimum atomic E-state index is -0.161. The van der Waals surface area contributed by atoms with Crippen molar-refractivity contribution in [3.63, 3.8) is 0 Å². The Hall–Kier alpha value is -6.75. The van der Waals surface area contributed by atoms with Gasteiger partial charge in [-0.2, -0.15) is 0 Å². The first-order valence-electron chi connectivity index (χ1n) is 20.9. The number of benzene rings is 7. The molecular formula is C55H41N5OPt. The van der Waals surface area contributed by atoms with Gasteiger partial charge in [-0.1, -0.05) is 105 Å². The van der Waals surface area contributed by atoms with Gasteiger partial charge in [-0.25, -0.2) is 9.97 Å². The van der Waals surface area contributed by atoms with Gasteiger partial charge in [-0.05, 0) is 113 Å². The van der Waals surface area contributed by atoms with Crippen molar-refractivity contribution in [2.45, 2.75) is 47.0 Å². The Kier molecular flexibility index (Phi) is 8.55. The van der Waals surface area contributed by atoms with Crippen LogP contribution in [0.4, 0.5) is 0 Å². The summed E-state index contributed by atoms with van der Waals surface area (Å²) in [6.45, 7) is 13.5. The Morgan fingerprint density at radius 1 is 0.613 bits per heavy atom. The number of aromatic nitrogens is 5. The maximum Gasteiger partial charge on any atom is 2.00 e. The smallest absolute Gasteiger partial charge is 0.656 e. The summed E-state index contributed by atoms with van der Waals surface area (Å²) in [5, 5.41) is 6.68. The number of imidazole rings is 1. The maximum atomic E-state index is 6.43. The topological polar surface area (TPSA) is 62.9 Å². The number of rotatable bonds is 4. The van der Waals surface area contributed by atoms with Crippen molar-refractivity contribution in [1.29, 1.82) is 0 Å². The summed E-state index contributed by atoms with van der Waals surface area (Å²) in [6.07, 6.45) is 1.85. The van der Waals surface area contributed by atoms with Gasteiger partial charge in [0.1, 0.15) is 22.8 Å². The molecule has 0 spiro atoms. The van der Waals surface area contributed by atoms with E-state index in [2.05, 4.69) is 166 Å². The Morgan fingerprint density at radius 2 is 1.37 bits per heavy atom. The van der Waals surface area contributed by atoms with Gasteiger partial charge in [-0.15, -0.1) is 34.8 Å². The SMILES string of the molecule is Cc1cc(-n2c(-c3cccc4c3[n-]c3ccccc34)nc3c(-c4[c-]c5c(cc4)c4cc6c(cc4n5-c4ccccn4)oc4ccccc46)cc(C(C)(C)C)cc32)cc(C)c1C.[Pt+2]. The van der Waals surface area contributed by atoms with Gasteiger partial charge in [0.15, 0.2) is 0 Å². The molecule has 0 radical (unpaired) electrons. The van der Waals surface area contributed by atoms with E-state index < -0.39 is 0 Å². The number of pyridine rings is 1. The van der Waals surface area contributed by atoms with Crippen LogP contribution in [0.2, 0.25) is 0 Å². The summed E-state index contributed by atoms with van der Waals surface area (Å²) in [4.78, 5) is 15.8. The Morgan fingerprint density at radius 3 is 2.16 bits per heavy atom. The number of fused-ring (bicyclic) bond motifs is 10. The fraction of sp³-hybridized carbons (Fsp3) is 0.127.